The van der Waals surface area contributed by atoms with Gasteiger partial charge >= 0.3 is 0 Å². The molecule has 2 fully saturated rings. The molecule has 1 aliphatic carbocycles. The molecule has 1 saturated carbocycles. The summed E-state index contributed by atoms with van der Waals surface area (Å²) in [6.07, 6.45) is 7.08. The van der Waals surface area contributed by atoms with Crippen LogP contribution < -0.4 is 5.32 Å². The van der Waals surface area contributed by atoms with Crippen LogP contribution in [0.2, 0.25) is 0 Å². The van der Waals surface area contributed by atoms with Crippen molar-refractivity contribution in [2.24, 2.45) is 0 Å². The lowest BCUT2D eigenvalue weighted by Gasteiger charge is -2.30. The van der Waals surface area contributed by atoms with Crippen molar-refractivity contribution in [3.63, 3.8) is 0 Å². The first-order valence-electron chi connectivity index (χ1n) is 7.42. The van der Waals surface area contributed by atoms with Gasteiger partial charge in [0.05, 0.1) is 0 Å². The highest BCUT2D eigenvalue weighted by molar-refractivity contribution is 5.78. The minimum Gasteiger partial charge on any atom is -0.372 e. The van der Waals surface area contributed by atoms with E-state index in [0.717, 1.165) is 19.5 Å². The van der Waals surface area contributed by atoms with Crippen LogP contribution in [0.15, 0.2) is 0 Å². The second-order valence-corrected chi connectivity index (χ2v) is 5.48. The summed E-state index contributed by atoms with van der Waals surface area (Å²) in [5.41, 5.74) is 0. The molecule has 1 aliphatic heterocycles. The smallest absolute Gasteiger partial charge is 0.248 e. The Bertz CT molecular complexity index is 261. The Hall–Kier alpha value is -0.610. The number of piperidine rings is 1. The molecule has 1 N–H and O–H groups in total. The SMILES string of the molecule is CCCOCC(=O)N(CC1CCCCN1)C1CC1. The van der Waals surface area contributed by atoms with Crippen molar-refractivity contribution >= 4 is 5.91 Å². The molecule has 1 saturated heterocycles. The number of carbonyl (C=O) groups excluding carboxylic acids is 1. The molecule has 104 valence electrons. The van der Waals surface area contributed by atoms with Crippen LogP contribution in [0.4, 0.5) is 0 Å². The monoisotopic (exact) mass is 254 g/mol. The van der Waals surface area contributed by atoms with Gasteiger partial charge in [-0.2, -0.15) is 0 Å². The van der Waals surface area contributed by atoms with E-state index in [2.05, 4.69) is 17.1 Å². The van der Waals surface area contributed by atoms with Gasteiger partial charge in [0.15, 0.2) is 0 Å². The van der Waals surface area contributed by atoms with Gasteiger partial charge < -0.3 is 15.0 Å². The lowest BCUT2D eigenvalue weighted by atomic mass is 10.0. The van der Waals surface area contributed by atoms with Gasteiger partial charge in [-0.25, -0.2) is 0 Å². The van der Waals surface area contributed by atoms with Crippen LogP contribution >= 0.6 is 0 Å². The predicted molar refractivity (Wildman–Crippen MR) is 71.5 cm³/mol. The van der Waals surface area contributed by atoms with Crippen molar-refractivity contribution in [1.29, 1.82) is 0 Å². The van der Waals surface area contributed by atoms with E-state index >= 15 is 0 Å². The maximum absolute atomic E-state index is 12.1. The number of carbonyl (C=O) groups is 1. The summed E-state index contributed by atoms with van der Waals surface area (Å²) >= 11 is 0. The molecule has 1 atom stereocenters. The lowest BCUT2D eigenvalue weighted by molar-refractivity contribution is -0.137. The van der Waals surface area contributed by atoms with Crippen LogP contribution in [0.3, 0.4) is 0 Å². The number of rotatable bonds is 7. The molecule has 4 heteroatoms. The maximum atomic E-state index is 12.1. The number of nitrogens with one attached hydrogen (secondary N) is 1. The summed E-state index contributed by atoms with van der Waals surface area (Å²) in [5.74, 6) is 0.179. The zero-order valence-electron chi connectivity index (χ0n) is 11.5. The molecule has 0 aromatic heterocycles. The van der Waals surface area contributed by atoms with Gasteiger partial charge in [-0.05, 0) is 38.6 Å². The van der Waals surface area contributed by atoms with Gasteiger partial charge in [0.1, 0.15) is 6.61 Å². The van der Waals surface area contributed by atoms with Crippen molar-refractivity contribution in [2.45, 2.75) is 57.5 Å². The molecule has 1 heterocycles. The molecule has 1 unspecified atom stereocenters. The van der Waals surface area contributed by atoms with Gasteiger partial charge in [0.2, 0.25) is 5.91 Å². The third kappa shape index (κ3) is 4.25. The Balaban J connectivity index is 1.77. The third-order valence-corrected chi connectivity index (χ3v) is 3.71. The first kappa shape index (κ1) is 13.8. The predicted octanol–water partition coefficient (Wildman–Crippen LogP) is 1.55. The maximum Gasteiger partial charge on any atom is 0.248 e. The fraction of sp³-hybridized carbons (Fsp3) is 0.929. The van der Waals surface area contributed by atoms with Crippen LogP contribution in [0.5, 0.6) is 0 Å². The number of ether oxygens (including phenoxy) is 1. The largest absolute Gasteiger partial charge is 0.372 e. The first-order valence-corrected chi connectivity index (χ1v) is 7.42. The Morgan fingerprint density at radius 3 is 2.78 bits per heavy atom. The van der Waals surface area contributed by atoms with Gasteiger partial charge in [0, 0.05) is 25.2 Å². The second kappa shape index (κ2) is 7.10. The van der Waals surface area contributed by atoms with Gasteiger partial charge in [-0.3, -0.25) is 4.79 Å². The van der Waals surface area contributed by atoms with E-state index in [1.807, 2.05) is 0 Å². The number of amides is 1. The van der Waals surface area contributed by atoms with Crippen molar-refractivity contribution in [2.75, 3.05) is 26.3 Å². The van der Waals surface area contributed by atoms with Crippen LogP contribution in [0.25, 0.3) is 0 Å². The quantitative estimate of drug-likeness (QED) is 0.701. The van der Waals surface area contributed by atoms with E-state index < -0.39 is 0 Å². The molecule has 1 amide bonds. The summed E-state index contributed by atoms with van der Waals surface area (Å²) in [7, 11) is 0. The first-order chi connectivity index (χ1) is 8.81. The van der Waals surface area contributed by atoms with E-state index in [9.17, 15) is 4.79 Å². The van der Waals surface area contributed by atoms with E-state index in [-0.39, 0.29) is 12.5 Å². The van der Waals surface area contributed by atoms with Crippen LogP contribution in [0.1, 0.15) is 45.4 Å². The van der Waals surface area contributed by atoms with Crippen LogP contribution in [-0.2, 0) is 9.53 Å². The summed E-state index contributed by atoms with van der Waals surface area (Å²) < 4.78 is 5.38. The van der Waals surface area contributed by atoms with Gasteiger partial charge in [0.25, 0.3) is 0 Å². The molecule has 0 radical (unpaired) electrons. The van der Waals surface area contributed by atoms with Crippen molar-refractivity contribution in [1.82, 2.24) is 10.2 Å². The lowest BCUT2D eigenvalue weighted by Crippen LogP contribution is -2.47. The number of hydrogen-bond acceptors (Lipinski definition) is 3. The topological polar surface area (TPSA) is 41.6 Å². The molecule has 4 nitrogen and oxygen atoms in total. The molecule has 2 aliphatic rings. The fourth-order valence-corrected chi connectivity index (χ4v) is 2.54. The average molecular weight is 254 g/mol. The molecule has 0 aromatic carbocycles. The zero-order chi connectivity index (χ0) is 12.8. The summed E-state index contributed by atoms with van der Waals surface area (Å²) in [5, 5.41) is 3.52. The van der Waals surface area contributed by atoms with E-state index in [4.69, 9.17) is 4.74 Å². The molecule has 0 bridgehead atoms. The highest BCUT2D eigenvalue weighted by Gasteiger charge is 2.34. The minimum absolute atomic E-state index is 0.179. The summed E-state index contributed by atoms with van der Waals surface area (Å²) in [4.78, 5) is 14.2. The Morgan fingerprint density at radius 1 is 1.33 bits per heavy atom. The molecule has 2 rings (SSSR count). The third-order valence-electron chi connectivity index (χ3n) is 3.71. The van der Waals surface area contributed by atoms with Crippen molar-refractivity contribution in [3.05, 3.63) is 0 Å². The highest BCUT2D eigenvalue weighted by Crippen LogP contribution is 2.27. The Labute approximate surface area is 110 Å². The normalized spacial score (nSPS) is 23.9. The van der Waals surface area contributed by atoms with Crippen LogP contribution in [-0.4, -0.2) is 49.2 Å². The molecular weight excluding hydrogens is 228 g/mol. The van der Waals surface area contributed by atoms with E-state index in [1.54, 1.807) is 0 Å². The molecule has 0 spiro atoms. The Kier molecular flexibility index (Phi) is 5.45. The second-order valence-electron chi connectivity index (χ2n) is 5.48. The standard InChI is InChI=1S/C14H26N2O2/c1-2-9-18-11-14(17)16(13-6-7-13)10-12-5-3-4-8-15-12/h12-13,15H,2-11H2,1H3. The van der Waals surface area contributed by atoms with Crippen LogP contribution in [0, 0.1) is 0 Å². The van der Waals surface area contributed by atoms with E-state index in [1.165, 1.54) is 32.1 Å². The van der Waals surface area contributed by atoms with Gasteiger partial charge in [-0.15, -0.1) is 0 Å². The van der Waals surface area contributed by atoms with Gasteiger partial charge in [-0.1, -0.05) is 13.3 Å². The minimum atomic E-state index is 0.179. The highest BCUT2D eigenvalue weighted by atomic mass is 16.5. The molecule has 18 heavy (non-hydrogen) atoms. The van der Waals surface area contributed by atoms with Crippen molar-refractivity contribution in [3.8, 4) is 0 Å². The number of nitrogens with zero attached hydrogens (tertiary/aromatic N) is 1. The molecule has 0 aromatic rings. The van der Waals surface area contributed by atoms with E-state index in [0.29, 0.717) is 18.7 Å². The average Bonchev–Trinajstić information content (AvgIpc) is 3.21. The summed E-state index contributed by atoms with van der Waals surface area (Å²) in [6, 6.07) is 0.987. The molecular formula is C14H26N2O2. The van der Waals surface area contributed by atoms with Crippen molar-refractivity contribution < 1.29 is 9.53 Å². The fourth-order valence-electron chi connectivity index (χ4n) is 2.54. The summed E-state index contributed by atoms with van der Waals surface area (Å²) in [6.45, 7) is 4.99. The number of hydrogen-bond donors (Lipinski definition) is 1. The zero-order valence-corrected chi connectivity index (χ0v) is 11.5. The Morgan fingerprint density at radius 2 is 2.17 bits per heavy atom.